The molecule has 0 aliphatic carbocycles. The summed E-state index contributed by atoms with van der Waals surface area (Å²) in [5.41, 5.74) is 0. The van der Waals surface area contributed by atoms with Gasteiger partial charge in [0.05, 0.1) is 0 Å². The average molecular weight is 167 g/mol. The average Bonchev–Trinajstić information content (AvgIpc) is 2.52. The zero-order valence-corrected chi connectivity index (χ0v) is 7.27. The lowest BCUT2D eigenvalue weighted by Crippen LogP contribution is -2.09. The molecule has 4 heteroatoms. The number of aromatic nitrogens is 1. The van der Waals surface area contributed by atoms with Crippen molar-refractivity contribution in [2.75, 3.05) is 17.7 Å². The predicted molar refractivity (Wildman–Crippen MR) is 49.3 cm³/mol. The first-order valence-corrected chi connectivity index (χ1v) is 3.93. The van der Waals surface area contributed by atoms with Crippen LogP contribution in [0, 0.1) is 0 Å². The number of nitrogens with one attached hydrogen (secondary N) is 3. The van der Waals surface area contributed by atoms with E-state index in [0.29, 0.717) is 6.42 Å². The smallest absolute Gasteiger partial charge is 0.225 e. The summed E-state index contributed by atoms with van der Waals surface area (Å²) in [4.78, 5) is 13.9. The third-order valence-corrected chi connectivity index (χ3v) is 1.55. The highest BCUT2D eigenvalue weighted by Crippen LogP contribution is 2.10. The summed E-state index contributed by atoms with van der Waals surface area (Å²) < 4.78 is 0. The van der Waals surface area contributed by atoms with Gasteiger partial charge in [0.15, 0.2) is 0 Å². The van der Waals surface area contributed by atoms with E-state index < -0.39 is 0 Å². The molecule has 0 aromatic carbocycles. The van der Waals surface area contributed by atoms with Gasteiger partial charge < -0.3 is 15.6 Å². The summed E-state index contributed by atoms with van der Waals surface area (Å²) in [6.07, 6.45) is 0.494. The fourth-order valence-electron chi connectivity index (χ4n) is 0.852. The molecule has 0 fully saturated rings. The molecule has 0 spiro atoms. The maximum absolute atomic E-state index is 10.9. The van der Waals surface area contributed by atoms with Gasteiger partial charge in [0.1, 0.15) is 11.6 Å². The molecule has 0 aliphatic heterocycles. The summed E-state index contributed by atoms with van der Waals surface area (Å²) in [6, 6.07) is 3.69. The second-order valence-corrected chi connectivity index (χ2v) is 2.44. The quantitative estimate of drug-likeness (QED) is 0.637. The third kappa shape index (κ3) is 2.02. The number of hydrogen-bond acceptors (Lipinski definition) is 2. The fourth-order valence-corrected chi connectivity index (χ4v) is 0.852. The maximum atomic E-state index is 10.9. The lowest BCUT2D eigenvalue weighted by atomic mass is 10.4. The minimum Gasteiger partial charge on any atom is -0.375 e. The Morgan fingerprint density at radius 2 is 2.17 bits per heavy atom. The number of carbonyl (C=O) groups is 1. The number of anilines is 2. The molecule has 1 aromatic rings. The molecule has 0 atom stereocenters. The highest BCUT2D eigenvalue weighted by molar-refractivity contribution is 5.89. The van der Waals surface area contributed by atoms with Crippen molar-refractivity contribution in [1.82, 2.24) is 4.98 Å². The number of hydrogen-bond donors (Lipinski definition) is 3. The van der Waals surface area contributed by atoms with Gasteiger partial charge in [-0.05, 0) is 12.1 Å². The number of amides is 1. The molecule has 0 saturated heterocycles. The van der Waals surface area contributed by atoms with Crippen LogP contribution in [0.25, 0.3) is 0 Å². The van der Waals surface area contributed by atoms with Gasteiger partial charge in [0, 0.05) is 13.5 Å². The Morgan fingerprint density at radius 1 is 1.50 bits per heavy atom. The first-order chi connectivity index (χ1) is 5.76. The molecular formula is C8H13N3O. The second kappa shape index (κ2) is 3.80. The van der Waals surface area contributed by atoms with Gasteiger partial charge in [-0.1, -0.05) is 6.92 Å². The van der Waals surface area contributed by atoms with Crippen LogP contribution in [0.4, 0.5) is 11.6 Å². The van der Waals surface area contributed by atoms with Gasteiger partial charge in [0.25, 0.3) is 0 Å². The predicted octanol–water partition coefficient (Wildman–Crippen LogP) is 1.40. The monoisotopic (exact) mass is 167 g/mol. The largest absolute Gasteiger partial charge is 0.375 e. The molecule has 0 radical (unpaired) electrons. The van der Waals surface area contributed by atoms with E-state index in [-0.39, 0.29) is 5.91 Å². The SMILES string of the molecule is CCC(=O)Nc1ccc(NC)[nH]1. The molecule has 4 nitrogen and oxygen atoms in total. The van der Waals surface area contributed by atoms with Crippen molar-refractivity contribution >= 4 is 17.5 Å². The Morgan fingerprint density at radius 3 is 2.67 bits per heavy atom. The van der Waals surface area contributed by atoms with E-state index in [2.05, 4.69) is 15.6 Å². The lowest BCUT2D eigenvalue weighted by molar-refractivity contribution is -0.115. The van der Waals surface area contributed by atoms with Gasteiger partial charge in [-0.15, -0.1) is 0 Å². The highest BCUT2D eigenvalue weighted by Gasteiger charge is 1.99. The molecule has 12 heavy (non-hydrogen) atoms. The molecule has 66 valence electrons. The zero-order chi connectivity index (χ0) is 8.97. The van der Waals surface area contributed by atoms with E-state index in [1.807, 2.05) is 26.1 Å². The summed E-state index contributed by atoms with van der Waals surface area (Å²) in [5.74, 6) is 1.63. The van der Waals surface area contributed by atoms with Crippen LogP contribution in [-0.2, 0) is 4.79 Å². The van der Waals surface area contributed by atoms with Gasteiger partial charge in [-0.3, -0.25) is 4.79 Å². The molecule has 1 aromatic heterocycles. The van der Waals surface area contributed by atoms with Gasteiger partial charge >= 0.3 is 0 Å². The highest BCUT2D eigenvalue weighted by atomic mass is 16.1. The Labute approximate surface area is 71.4 Å². The van der Waals surface area contributed by atoms with E-state index in [1.165, 1.54) is 0 Å². The normalized spacial score (nSPS) is 9.50. The molecule has 1 amide bonds. The van der Waals surface area contributed by atoms with E-state index in [4.69, 9.17) is 0 Å². The van der Waals surface area contributed by atoms with Crippen LogP contribution >= 0.6 is 0 Å². The van der Waals surface area contributed by atoms with Gasteiger partial charge in [-0.25, -0.2) is 0 Å². The van der Waals surface area contributed by atoms with Crippen molar-refractivity contribution in [1.29, 1.82) is 0 Å². The molecule has 0 bridgehead atoms. The molecule has 1 rings (SSSR count). The molecule has 0 saturated carbocycles. The number of rotatable bonds is 3. The van der Waals surface area contributed by atoms with Gasteiger partial charge in [0.2, 0.25) is 5.91 Å². The molecule has 3 N–H and O–H groups in total. The number of carbonyl (C=O) groups excluding carboxylic acids is 1. The molecule has 0 unspecified atom stereocenters. The fraction of sp³-hybridized carbons (Fsp3) is 0.375. The van der Waals surface area contributed by atoms with Crippen LogP contribution in [0.2, 0.25) is 0 Å². The molecular weight excluding hydrogens is 154 g/mol. The zero-order valence-electron chi connectivity index (χ0n) is 7.27. The third-order valence-electron chi connectivity index (χ3n) is 1.55. The van der Waals surface area contributed by atoms with Crippen LogP contribution in [0.1, 0.15) is 13.3 Å². The van der Waals surface area contributed by atoms with Crippen LogP contribution in [-0.4, -0.2) is 17.9 Å². The summed E-state index contributed by atoms with van der Waals surface area (Å²) >= 11 is 0. The first kappa shape index (κ1) is 8.64. The van der Waals surface area contributed by atoms with Gasteiger partial charge in [-0.2, -0.15) is 0 Å². The minimum atomic E-state index is 0.0134. The van der Waals surface area contributed by atoms with Crippen molar-refractivity contribution in [3.05, 3.63) is 12.1 Å². The Hall–Kier alpha value is -1.45. The Balaban J connectivity index is 2.58. The van der Waals surface area contributed by atoms with Crippen molar-refractivity contribution in [2.24, 2.45) is 0 Å². The number of aromatic amines is 1. The van der Waals surface area contributed by atoms with Crippen LogP contribution < -0.4 is 10.6 Å². The molecule has 1 heterocycles. The number of H-pyrrole nitrogens is 1. The standard InChI is InChI=1S/C8H13N3O/c1-3-8(12)11-7-5-4-6(9-2)10-7/h4-5,9-10H,3H2,1-2H3,(H,11,12). The van der Waals surface area contributed by atoms with Crippen molar-refractivity contribution in [2.45, 2.75) is 13.3 Å². The maximum Gasteiger partial charge on any atom is 0.225 e. The van der Waals surface area contributed by atoms with Crippen LogP contribution in [0.5, 0.6) is 0 Å². The topological polar surface area (TPSA) is 56.9 Å². The summed E-state index contributed by atoms with van der Waals surface area (Å²) in [6.45, 7) is 1.82. The van der Waals surface area contributed by atoms with E-state index in [0.717, 1.165) is 11.6 Å². The van der Waals surface area contributed by atoms with E-state index >= 15 is 0 Å². The van der Waals surface area contributed by atoms with E-state index in [9.17, 15) is 4.79 Å². The van der Waals surface area contributed by atoms with Crippen molar-refractivity contribution in [3.8, 4) is 0 Å². The summed E-state index contributed by atoms with van der Waals surface area (Å²) in [5, 5.41) is 5.64. The Bertz CT molecular complexity index is 267. The second-order valence-electron chi connectivity index (χ2n) is 2.44. The summed E-state index contributed by atoms with van der Waals surface area (Å²) in [7, 11) is 1.82. The van der Waals surface area contributed by atoms with E-state index in [1.54, 1.807) is 0 Å². The first-order valence-electron chi connectivity index (χ1n) is 3.93. The van der Waals surface area contributed by atoms with Crippen LogP contribution in [0.15, 0.2) is 12.1 Å². The minimum absolute atomic E-state index is 0.0134. The molecule has 0 aliphatic rings. The Kier molecular flexibility index (Phi) is 2.74. The van der Waals surface area contributed by atoms with Crippen LogP contribution in [0.3, 0.4) is 0 Å². The van der Waals surface area contributed by atoms with Crippen molar-refractivity contribution in [3.63, 3.8) is 0 Å². The lowest BCUT2D eigenvalue weighted by Gasteiger charge is -1.99. The van der Waals surface area contributed by atoms with Crippen molar-refractivity contribution < 1.29 is 4.79 Å².